The number of ether oxygens (including phenoxy) is 4. The van der Waals surface area contributed by atoms with Crippen LogP contribution >= 0.6 is 0 Å². The average molecular weight is 947 g/mol. The fraction of sp³-hybridized carbons (Fsp3) is 0.610. The van der Waals surface area contributed by atoms with E-state index in [4.69, 9.17) is 18.9 Å². The second-order valence-electron chi connectivity index (χ2n) is 18.1. The van der Waals surface area contributed by atoms with Gasteiger partial charge in [-0.15, -0.1) is 0 Å². The summed E-state index contributed by atoms with van der Waals surface area (Å²) in [4.78, 5) is 37.3. The van der Waals surface area contributed by atoms with Crippen LogP contribution in [-0.2, 0) is 33.3 Å². The van der Waals surface area contributed by atoms with Gasteiger partial charge in [-0.3, -0.25) is 9.59 Å². The van der Waals surface area contributed by atoms with Crippen LogP contribution < -0.4 is 0 Å². The second kappa shape index (κ2) is 49.1. The molecule has 9 heteroatoms. The topological polar surface area (TPSA) is 108 Å². The van der Waals surface area contributed by atoms with Crippen LogP contribution in [0, 0.1) is 0 Å². The molecule has 2 atom stereocenters. The second-order valence-corrected chi connectivity index (χ2v) is 18.1. The highest BCUT2D eigenvalue weighted by atomic mass is 16.7. The summed E-state index contributed by atoms with van der Waals surface area (Å²) >= 11 is 0. The molecule has 2 unspecified atom stereocenters. The van der Waals surface area contributed by atoms with Crippen LogP contribution in [0.15, 0.2) is 122 Å². The molecule has 0 saturated carbocycles. The van der Waals surface area contributed by atoms with Gasteiger partial charge in [0.25, 0.3) is 6.29 Å². The normalized spacial score (nSPS) is 13.8. The Hall–Kier alpha value is -4.31. The predicted octanol–water partition coefficient (Wildman–Crippen LogP) is 14.9. The van der Waals surface area contributed by atoms with E-state index in [0.29, 0.717) is 17.4 Å². The van der Waals surface area contributed by atoms with Gasteiger partial charge >= 0.3 is 17.9 Å². The van der Waals surface area contributed by atoms with Gasteiger partial charge in [-0.05, 0) is 103 Å². The first-order valence-corrected chi connectivity index (χ1v) is 26.2. The number of carboxylic acids is 1. The average Bonchev–Trinajstić information content (AvgIpc) is 3.30. The van der Waals surface area contributed by atoms with E-state index >= 15 is 0 Å². The smallest absolute Gasteiger partial charge is 0.361 e. The van der Waals surface area contributed by atoms with E-state index < -0.39 is 24.3 Å². The van der Waals surface area contributed by atoms with E-state index in [2.05, 4.69) is 135 Å². The van der Waals surface area contributed by atoms with Crippen molar-refractivity contribution in [2.75, 3.05) is 47.5 Å². The van der Waals surface area contributed by atoms with Crippen LogP contribution in [0.25, 0.3) is 0 Å². The number of likely N-dealkylation sites (N-methyl/N-ethyl adjacent to an activating group) is 1. The molecule has 0 aromatic carbocycles. The summed E-state index contributed by atoms with van der Waals surface area (Å²) in [5.74, 6) is -2.08. The third kappa shape index (κ3) is 49.6. The minimum absolute atomic E-state index is 0.173. The molecule has 9 nitrogen and oxygen atoms in total. The molecule has 0 spiro atoms. The maximum atomic E-state index is 12.8. The van der Waals surface area contributed by atoms with Crippen molar-refractivity contribution in [3.05, 3.63) is 122 Å². The van der Waals surface area contributed by atoms with Crippen molar-refractivity contribution in [3.8, 4) is 0 Å². The molecule has 1 N–H and O–H groups in total. The summed E-state index contributed by atoms with van der Waals surface area (Å²) in [6.07, 6.45) is 65.5. The largest absolute Gasteiger partial charge is 0.477 e. The van der Waals surface area contributed by atoms with Crippen molar-refractivity contribution in [1.29, 1.82) is 0 Å². The highest BCUT2D eigenvalue weighted by molar-refractivity contribution is 5.71. The van der Waals surface area contributed by atoms with Gasteiger partial charge in [0.2, 0.25) is 0 Å². The van der Waals surface area contributed by atoms with E-state index in [1.54, 1.807) is 0 Å². The molecule has 0 amide bonds. The van der Waals surface area contributed by atoms with Gasteiger partial charge in [-0.1, -0.05) is 180 Å². The van der Waals surface area contributed by atoms with Gasteiger partial charge in [-0.2, -0.15) is 0 Å². The molecular weight excluding hydrogens is 851 g/mol. The van der Waals surface area contributed by atoms with Crippen molar-refractivity contribution in [1.82, 2.24) is 0 Å². The number of quaternary nitrogens is 1. The molecule has 0 fully saturated rings. The Morgan fingerprint density at radius 3 is 1.25 bits per heavy atom. The molecule has 0 aromatic rings. The number of allylic oxidation sites excluding steroid dienone is 20. The van der Waals surface area contributed by atoms with Crippen molar-refractivity contribution in [3.63, 3.8) is 0 Å². The number of unbranched alkanes of at least 4 members (excludes halogenated alkanes) is 11. The lowest BCUT2D eigenvalue weighted by Crippen LogP contribution is -2.40. The summed E-state index contributed by atoms with van der Waals surface area (Å²) in [6.45, 7) is 4.64. The van der Waals surface area contributed by atoms with Crippen LogP contribution in [0.4, 0.5) is 0 Å². The molecular formula is C59H96NO8+. The number of nitrogens with zero attached hydrogens (tertiary/aromatic N) is 1. The van der Waals surface area contributed by atoms with Crippen LogP contribution in [0.5, 0.6) is 0 Å². The highest BCUT2D eigenvalue weighted by Gasteiger charge is 2.25. The first-order valence-electron chi connectivity index (χ1n) is 26.2. The van der Waals surface area contributed by atoms with Crippen LogP contribution in [0.2, 0.25) is 0 Å². The maximum Gasteiger partial charge on any atom is 0.361 e. The highest BCUT2D eigenvalue weighted by Crippen LogP contribution is 2.12. The van der Waals surface area contributed by atoms with Crippen LogP contribution in [0.1, 0.15) is 174 Å². The van der Waals surface area contributed by atoms with Gasteiger partial charge in [0.05, 0.1) is 34.4 Å². The molecule has 0 aromatic heterocycles. The zero-order chi connectivity index (χ0) is 49.9. The number of hydrogen-bond donors (Lipinski definition) is 1. The quantitative estimate of drug-likeness (QED) is 0.0211. The van der Waals surface area contributed by atoms with E-state index in [-0.39, 0.29) is 38.6 Å². The van der Waals surface area contributed by atoms with Crippen LogP contribution in [-0.4, -0.2) is 87.4 Å². The minimum Gasteiger partial charge on any atom is -0.477 e. The molecule has 68 heavy (non-hydrogen) atoms. The molecule has 0 radical (unpaired) electrons. The summed E-state index contributed by atoms with van der Waals surface area (Å²) < 4.78 is 22.7. The number of esters is 2. The molecule has 384 valence electrons. The predicted molar refractivity (Wildman–Crippen MR) is 285 cm³/mol. The van der Waals surface area contributed by atoms with Gasteiger partial charge in [0, 0.05) is 12.8 Å². The Morgan fingerprint density at radius 2 is 0.838 bits per heavy atom. The molecule has 0 heterocycles. The lowest BCUT2D eigenvalue weighted by atomic mass is 10.1. The molecule has 0 aliphatic carbocycles. The fourth-order valence-corrected chi connectivity index (χ4v) is 6.40. The lowest BCUT2D eigenvalue weighted by Gasteiger charge is -2.25. The minimum atomic E-state index is -1.53. The number of carboxylic acid groups (broad SMARTS) is 1. The zero-order valence-corrected chi connectivity index (χ0v) is 43.5. The van der Waals surface area contributed by atoms with Crippen molar-refractivity contribution in [2.24, 2.45) is 0 Å². The summed E-state index contributed by atoms with van der Waals surface area (Å²) in [5, 5.41) is 9.67. The first kappa shape index (κ1) is 63.7. The third-order valence-electron chi connectivity index (χ3n) is 10.5. The van der Waals surface area contributed by atoms with E-state index in [1.165, 1.54) is 12.8 Å². The number of aliphatic carboxylic acids is 1. The first-order chi connectivity index (χ1) is 33.1. The summed E-state index contributed by atoms with van der Waals surface area (Å²) in [5.41, 5.74) is 0. The zero-order valence-electron chi connectivity index (χ0n) is 43.5. The van der Waals surface area contributed by atoms with Gasteiger partial charge < -0.3 is 28.5 Å². The number of rotatable bonds is 46. The van der Waals surface area contributed by atoms with Gasteiger partial charge in [0.1, 0.15) is 13.2 Å². The van der Waals surface area contributed by atoms with Gasteiger partial charge in [0.15, 0.2) is 6.10 Å². The van der Waals surface area contributed by atoms with E-state index in [9.17, 15) is 19.5 Å². The Kier molecular flexibility index (Phi) is 46.0. The van der Waals surface area contributed by atoms with Crippen LogP contribution in [0.3, 0.4) is 0 Å². The van der Waals surface area contributed by atoms with Crippen molar-refractivity contribution in [2.45, 2.75) is 187 Å². The van der Waals surface area contributed by atoms with Gasteiger partial charge in [-0.25, -0.2) is 4.79 Å². The number of carbonyl (C=O) groups excluding carboxylic acids is 2. The molecule has 0 rings (SSSR count). The summed E-state index contributed by atoms with van der Waals surface area (Å²) in [7, 11) is 5.93. The number of carbonyl (C=O) groups is 3. The fourth-order valence-electron chi connectivity index (χ4n) is 6.40. The lowest BCUT2D eigenvalue weighted by molar-refractivity contribution is -0.870. The number of hydrogen-bond acceptors (Lipinski definition) is 7. The Balaban J connectivity index is 4.40. The van der Waals surface area contributed by atoms with E-state index in [0.717, 1.165) is 128 Å². The standard InChI is InChI=1S/C59H95NO8/c1-6-8-10-12-14-16-18-20-22-23-24-25-26-27-28-29-30-31-32-33-34-35-36-38-40-42-44-46-48-50-57(62)68-55(54-67-59(58(63)64)65-52-51-60(3,4)5)53-66-56(61)49-47-45-43-41-39-37-21-19-17-15-13-11-9-7-2/h8,10,13-16,19-22,24-25,27-28,30-31,33-34,36,38,55,59H,6-7,9,11-12,17-18,23,26,29,32,35,37,39-54H2,1-5H3/p+1/b10-8-,15-13-,16-14-,21-19-,22-20-,25-24-,28-27-,31-30-,34-33-,38-36-. The Morgan fingerprint density at radius 1 is 0.456 bits per heavy atom. The molecule has 0 bridgehead atoms. The SMILES string of the molecule is CC/C=C\C/C=C\C/C=C\C/C=C\C/C=C\C/C=C\C/C=C\C/C=C\CCCCCCC(=O)OC(COC(=O)CCCCCCC/C=C\C/C=C\CCCC)COC(OCC[N+](C)(C)C)C(=O)O. The monoisotopic (exact) mass is 947 g/mol. The van der Waals surface area contributed by atoms with Crippen molar-refractivity contribution >= 4 is 17.9 Å². The maximum absolute atomic E-state index is 12.8. The Labute approximate surface area is 415 Å². The third-order valence-corrected chi connectivity index (χ3v) is 10.5. The molecule has 0 saturated heterocycles. The molecule has 0 aliphatic rings. The summed E-state index contributed by atoms with van der Waals surface area (Å²) in [6, 6.07) is 0. The van der Waals surface area contributed by atoms with E-state index in [1.807, 2.05) is 21.1 Å². The Bertz CT molecular complexity index is 1520. The van der Waals surface area contributed by atoms with Crippen molar-refractivity contribution < 1.29 is 42.9 Å². The molecule has 0 aliphatic heterocycles.